The zero-order chi connectivity index (χ0) is 18.0. The number of benzene rings is 1. The number of nitrogens with one attached hydrogen (secondary N) is 1. The van der Waals surface area contributed by atoms with E-state index in [4.69, 9.17) is 14.2 Å². The molecule has 0 aromatic heterocycles. The minimum absolute atomic E-state index is 0.152. The molecule has 0 spiro atoms. The first kappa shape index (κ1) is 16.5. The van der Waals surface area contributed by atoms with Gasteiger partial charge in [0.2, 0.25) is 0 Å². The number of esters is 1. The molecule has 1 N–H and O–H groups in total. The molecule has 2 heterocycles. The third-order valence-electron chi connectivity index (χ3n) is 3.56. The van der Waals surface area contributed by atoms with E-state index in [1.54, 1.807) is 0 Å². The van der Waals surface area contributed by atoms with E-state index in [9.17, 15) is 24.5 Å². The normalized spacial score (nSPS) is 15.5. The number of nitrogens with zero attached hydrogens (tertiary/aromatic N) is 2. The number of carbonyl (C=O) groups excluding carboxylic acids is 3. The van der Waals surface area contributed by atoms with E-state index in [0.29, 0.717) is 6.54 Å². The predicted molar refractivity (Wildman–Crippen MR) is 79.5 cm³/mol. The smallest absolute Gasteiger partial charge is 0.345 e. The summed E-state index contributed by atoms with van der Waals surface area (Å²) in [6.07, 6.45) is 0. The fourth-order valence-corrected chi connectivity index (χ4v) is 2.39. The summed E-state index contributed by atoms with van der Waals surface area (Å²) in [7, 11) is 0. The van der Waals surface area contributed by atoms with E-state index in [2.05, 4.69) is 5.32 Å². The molecule has 11 heteroatoms. The Bertz CT molecular complexity index is 763. The SMILES string of the molecule is O=C(OCC(=O)N1CCNC1=O)c1cc2c(cc1[N+](=O)[O-])OCCO2. The molecule has 132 valence electrons. The molecule has 1 aromatic rings. The third-order valence-corrected chi connectivity index (χ3v) is 3.56. The molecule has 3 amide bonds. The predicted octanol–water partition coefficient (Wildman–Crippen LogP) is 0.0746. The van der Waals surface area contributed by atoms with E-state index in [0.717, 1.165) is 17.0 Å². The summed E-state index contributed by atoms with van der Waals surface area (Å²) in [4.78, 5) is 46.7. The number of carbonyl (C=O) groups is 3. The zero-order valence-corrected chi connectivity index (χ0v) is 12.9. The Morgan fingerprint density at radius 1 is 1.28 bits per heavy atom. The zero-order valence-electron chi connectivity index (χ0n) is 12.9. The maximum atomic E-state index is 12.2. The molecule has 2 aliphatic heterocycles. The van der Waals surface area contributed by atoms with Gasteiger partial charge in [0.15, 0.2) is 18.1 Å². The van der Waals surface area contributed by atoms with Gasteiger partial charge in [0, 0.05) is 19.2 Å². The van der Waals surface area contributed by atoms with Crippen molar-refractivity contribution in [3.8, 4) is 11.5 Å². The average molecular weight is 351 g/mol. The van der Waals surface area contributed by atoms with E-state index in [-0.39, 0.29) is 36.8 Å². The molecule has 11 nitrogen and oxygen atoms in total. The molecular formula is C14H13N3O8. The quantitative estimate of drug-likeness (QED) is 0.457. The van der Waals surface area contributed by atoms with Crippen LogP contribution in [0.2, 0.25) is 0 Å². The number of amides is 3. The Morgan fingerprint density at radius 2 is 1.96 bits per heavy atom. The van der Waals surface area contributed by atoms with Crippen LogP contribution in [0.3, 0.4) is 0 Å². The van der Waals surface area contributed by atoms with Crippen molar-refractivity contribution in [2.75, 3.05) is 32.9 Å². The standard InChI is InChI=1S/C14H13N3O8/c18-12(16-2-1-15-14(16)20)7-25-13(19)8-5-10-11(24-4-3-23-10)6-9(8)17(21)22/h5-6H,1-4,7H2,(H,15,20). The van der Waals surface area contributed by atoms with Crippen LogP contribution in [0.5, 0.6) is 11.5 Å². The number of rotatable bonds is 4. The Balaban J connectivity index is 1.75. The maximum Gasteiger partial charge on any atom is 0.345 e. The van der Waals surface area contributed by atoms with Gasteiger partial charge in [0.05, 0.1) is 11.0 Å². The van der Waals surface area contributed by atoms with E-state index >= 15 is 0 Å². The number of nitro benzene ring substituents is 1. The van der Waals surface area contributed by atoms with Crippen LogP contribution in [0.1, 0.15) is 10.4 Å². The highest BCUT2D eigenvalue weighted by molar-refractivity contribution is 5.99. The van der Waals surface area contributed by atoms with Crippen LogP contribution in [0.15, 0.2) is 12.1 Å². The molecule has 3 rings (SSSR count). The summed E-state index contributed by atoms with van der Waals surface area (Å²) >= 11 is 0. The van der Waals surface area contributed by atoms with Crippen LogP contribution in [-0.4, -0.2) is 60.6 Å². The second-order valence-electron chi connectivity index (χ2n) is 5.12. The Kier molecular flexibility index (Phi) is 4.37. The van der Waals surface area contributed by atoms with Gasteiger partial charge in [-0.25, -0.2) is 9.59 Å². The first-order chi connectivity index (χ1) is 12.0. The Hall–Kier alpha value is -3.37. The van der Waals surface area contributed by atoms with Gasteiger partial charge in [-0.05, 0) is 0 Å². The van der Waals surface area contributed by atoms with Crippen molar-refractivity contribution in [2.24, 2.45) is 0 Å². The minimum Gasteiger partial charge on any atom is -0.486 e. The maximum absolute atomic E-state index is 12.2. The van der Waals surface area contributed by atoms with E-state index < -0.39 is 35.1 Å². The monoisotopic (exact) mass is 351 g/mol. The molecule has 2 aliphatic rings. The topological polar surface area (TPSA) is 137 Å². The lowest BCUT2D eigenvalue weighted by Gasteiger charge is -2.18. The minimum atomic E-state index is -1.07. The second-order valence-corrected chi connectivity index (χ2v) is 5.12. The molecule has 1 fully saturated rings. The molecule has 0 saturated carbocycles. The van der Waals surface area contributed by atoms with Crippen LogP contribution in [0, 0.1) is 10.1 Å². The number of fused-ring (bicyclic) bond motifs is 1. The van der Waals surface area contributed by atoms with Crippen molar-refractivity contribution < 1.29 is 33.5 Å². The fourth-order valence-electron chi connectivity index (χ4n) is 2.39. The van der Waals surface area contributed by atoms with Crippen molar-refractivity contribution in [3.63, 3.8) is 0 Å². The van der Waals surface area contributed by atoms with Gasteiger partial charge in [-0.1, -0.05) is 0 Å². The van der Waals surface area contributed by atoms with Crippen molar-refractivity contribution in [1.29, 1.82) is 0 Å². The van der Waals surface area contributed by atoms with Crippen molar-refractivity contribution in [1.82, 2.24) is 10.2 Å². The Labute approximate surface area is 140 Å². The molecule has 0 unspecified atom stereocenters. The van der Waals surface area contributed by atoms with Crippen molar-refractivity contribution >= 4 is 23.6 Å². The number of urea groups is 1. The van der Waals surface area contributed by atoms with Crippen LogP contribution in [-0.2, 0) is 9.53 Å². The second kappa shape index (κ2) is 6.63. The molecule has 1 aromatic carbocycles. The lowest BCUT2D eigenvalue weighted by Crippen LogP contribution is -2.37. The van der Waals surface area contributed by atoms with Gasteiger partial charge >= 0.3 is 12.0 Å². The summed E-state index contributed by atoms with van der Waals surface area (Å²) in [5, 5.41) is 13.6. The largest absolute Gasteiger partial charge is 0.486 e. The average Bonchev–Trinajstić information content (AvgIpc) is 3.04. The highest BCUT2D eigenvalue weighted by Crippen LogP contribution is 2.36. The van der Waals surface area contributed by atoms with Gasteiger partial charge < -0.3 is 19.5 Å². The van der Waals surface area contributed by atoms with Crippen LogP contribution < -0.4 is 14.8 Å². The molecule has 0 atom stereocenters. The number of nitro groups is 1. The van der Waals surface area contributed by atoms with Crippen LogP contribution in [0.25, 0.3) is 0 Å². The van der Waals surface area contributed by atoms with Gasteiger partial charge in [-0.2, -0.15) is 0 Å². The number of hydrogen-bond donors (Lipinski definition) is 1. The number of imide groups is 1. The third kappa shape index (κ3) is 3.29. The van der Waals surface area contributed by atoms with Gasteiger partial charge in [0.1, 0.15) is 18.8 Å². The number of hydrogen-bond acceptors (Lipinski definition) is 8. The van der Waals surface area contributed by atoms with Crippen LogP contribution in [0.4, 0.5) is 10.5 Å². The summed E-state index contributed by atoms with van der Waals surface area (Å²) in [5.41, 5.74) is -0.895. The summed E-state index contributed by atoms with van der Waals surface area (Å²) in [6.45, 7) is 0.242. The molecular weight excluding hydrogens is 338 g/mol. The molecule has 0 aliphatic carbocycles. The first-order valence-corrected chi connectivity index (χ1v) is 7.30. The van der Waals surface area contributed by atoms with Crippen LogP contribution >= 0.6 is 0 Å². The lowest BCUT2D eigenvalue weighted by molar-refractivity contribution is -0.385. The van der Waals surface area contributed by atoms with Gasteiger partial charge in [-0.15, -0.1) is 0 Å². The highest BCUT2D eigenvalue weighted by atomic mass is 16.6. The van der Waals surface area contributed by atoms with Crippen molar-refractivity contribution in [3.05, 3.63) is 27.8 Å². The van der Waals surface area contributed by atoms with E-state index in [1.807, 2.05) is 0 Å². The molecule has 0 bridgehead atoms. The highest BCUT2D eigenvalue weighted by Gasteiger charge is 2.30. The lowest BCUT2D eigenvalue weighted by atomic mass is 10.1. The molecule has 1 saturated heterocycles. The Morgan fingerprint density at radius 3 is 2.56 bits per heavy atom. The summed E-state index contributed by atoms with van der Waals surface area (Å²) < 4.78 is 15.3. The molecule has 25 heavy (non-hydrogen) atoms. The summed E-state index contributed by atoms with van der Waals surface area (Å²) in [5.74, 6) is -1.46. The first-order valence-electron chi connectivity index (χ1n) is 7.30. The van der Waals surface area contributed by atoms with Gasteiger partial charge in [-0.3, -0.25) is 19.8 Å². The summed E-state index contributed by atoms with van der Waals surface area (Å²) in [6, 6.07) is 1.63. The fraction of sp³-hybridized carbons (Fsp3) is 0.357. The number of ether oxygens (including phenoxy) is 3. The van der Waals surface area contributed by atoms with E-state index in [1.165, 1.54) is 0 Å². The van der Waals surface area contributed by atoms with Crippen molar-refractivity contribution in [2.45, 2.75) is 0 Å². The van der Waals surface area contributed by atoms with Gasteiger partial charge in [0.25, 0.3) is 11.6 Å². The molecule has 0 radical (unpaired) electrons.